The fraction of sp³-hybridized carbons (Fsp3) is 0.360. The molecule has 3 N–H and O–H groups in total. The number of nitrogens with one attached hydrogen (secondary N) is 2. The molecular weight excluding hydrogens is 546 g/mol. The molecule has 9 nitrogen and oxygen atoms in total. The van der Waals surface area contributed by atoms with Crippen LogP contribution in [0.15, 0.2) is 51.2 Å². The van der Waals surface area contributed by atoms with Gasteiger partial charge in [0.1, 0.15) is 12.1 Å². The first-order valence-electron chi connectivity index (χ1n) is 11.7. The average Bonchev–Trinajstić information content (AvgIpc) is 3.33. The van der Waals surface area contributed by atoms with Crippen molar-refractivity contribution in [2.45, 2.75) is 51.0 Å². The molecule has 2 heterocycles. The van der Waals surface area contributed by atoms with Gasteiger partial charge in [0.15, 0.2) is 0 Å². The highest BCUT2D eigenvalue weighted by Gasteiger charge is 2.59. The number of alkyl carbamates (subject to hydrolysis) is 1. The molecule has 1 spiro atoms. The van der Waals surface area contributed by atoms with E-state index in [1.54, 1.807) is 25.2 Å². The zero-order chi connectivity index (χ0) is 25.4. The lowest BCUT2D eigenvalue weighted by molar-refractivity contribution is -0.140. The second-order valence-corrected chi connectivity index (χ2v) is 11.6. The van der Waals surface area contributed by atoms with Gasteiger partial charge in [-0.25, -0.2) is 15.1 Å². The minimum Gasteiger partial charge on any atom is -0.480 e. The van der Waals surface area contributed by atoms with E-state index >= 15 is 0 Å². The van der Waals surface area contributed by atoms with Crippen molar-refractivity contribution >= 4 is 49.4 Å². The Morgan fingerprint density at radius 2 is 2.08 bits per heavy atom. The van der Waals surface area contributed by atoms with Crippen LogP contribution in [-0.4, -0.2) is 40.4 Å². The summed E-state index contributed by atoms with van der Waals surface area (Å²) in [6.07, 6.45) is -0.607. The Labute approximate surface area is 219 Å². The zero-order valence-electron chi connectivity index (χ0n) is 19.8. The fourth-order valence-electron chi connectivity index (χ4n) is 5.30. The predicted octanol–water partition coefficient (Wildman–Crippen LogP) is 5.32. The zero-order valence-corrected chi connectivity index (χ0v) is 22.2. The Hall–Kier alpha value is -3.02. The SMILES string of the molecule is Cc1ccc2sc3c(Br)c2c1C1(N=NNN1C1CC1OC(=O)N[C@H](C(=O)O)C(C)C)c1ccccc1-3. The molecular formula is C25H24BrN5O4S. The van der Waals surface area contributed by atoms with Gasteiger partial charge >= 0.3 is 12.1 Å². The van der Waals surface area contributed by atoms with Crippen LogP contribution < -0.4 is 10.9 Å². The van der Waals surface area contributed by atoms with E-state index in [1.165, 1.54) is 0 Å². The maximum atomic E-state index is 12.5. The summed E-state index contributed by atoms with van der Waals surface area (Å²) in [5.74, 6) is -1.36. The van der Waals surface area contributed by atoms with Crippen LogP contribution in [0.1, 0.15) is 37.0 Å². The summed E-state index contributed by atoms with van der Waals surface area (Å²) in [6.45, 7) is 5.55. The summed E-state index contributed by atoms with van der Waals surface area (Å²) in [5, 5.41) is 24.1. The molecule has 1 fully saturated rings. The van der Waals surface area contributed by atoms with E-state index in [-0.39, 0.29) is 12.0 Å². The summed E-state index contributed by atoms with van der Waals surface area (Å²) in [5.41, 5.74) is 6.33. The minimum atomic E-state index is -1.09. The summed E-state index contributed by atoms with van der Waals surface area (Å²) in [4.78, 5) is 25.2. The van der Waals surface area contributed by atoms with Gasteiger partial charge in [-0.2, -0.15) is 5.01 Å². The molecule has 3 aliphatic rings. The average molecular weight is 570 g/mol. The van der Waals surface area contributed by atoms with Crippen LogP contribution in [-0.2, 0) is 15.2 Å². The lowest BCUT2D eigenvalue weighted by Gasteiger charge is -2.37. The lowest BCUT2D eigenvalue weighted by atomic mass is 9.85. The first-order chi connectivity index (χ1) is 17.2. The molecule has 1 saturated carbocycles. The Bertz CT molecular complexity index is 1460. The van der Waals surface area contributed by atoms with E-state index in [0.717, 1.165) is 41.7 Å². The molecule has 2 aliphatic carbocycles. The van der Waals surface area contributed by atoms with E-state index < -0.39 is 29.9 Å². The molecule has 3 unspecified atom stereocenters. The van der Waals surface area contributed by atoms with Gasteiger partial charge in [0, 0.05) is 37.7 Å². The number of fused-ring (bicyclic) bond motifs is 5. The van der Waals surface area contributed by atoms with Crippen molar-refractivity contribution in [3.8, 4) is 10.4 Å². The Balaban J connectivity index is 1.38. The van der Waals surface area contributed by atoms with Gasteiger partial charge in [0.2, 0.25) is 5.66 Å². The Kier molecular flexibility index (Phi) is 5.36. The third-order valence-corrected chi connectivity index (χ3v) is 9.34. The van der Waals surface area contributed by atoms with Gasteiger partial charge in [-0.3, -0.25) is 0 Å². The highest BCUT2D eigenvalue weighted by Crippen LogP contribution is 2.58. The van der Waals surface area contributed by atoms with Crippen molar-refractivity contribution < 1.29 is 19.4 Å². The number of benzene rings is 2. The van der Waals surface area contributed by atoms with Gasteiger partial charge in [0.25, 0.3) is 0 Å². The lowest BCUT2D eigenvalue weighted by Crippen LogP contribution is -2.50. The van der Waals surface area contributed by atoms with Gasteiger partial charge in [-0.05, 0) is 40.4 Å². The molecule has 1 aromatic heterocycles. The van der Waals surface area contributed by atoms with Gasteiger partial charge in [-0.15, -0.1) is 16.5 Å². The second-order valence-electron chi connectivity index (χ2n) is 9.71. The monoisotopic (exact) mass is 569 g/mol. The van der Waals surface area contributed by atoms with Crippen LogP contribution in [0.2, 0.25) is 0 Å². The second kappa shape index (κ2) is 8.25. The maximum Gasteiger partial charge on any atom is 0.408 e. The van der Waals surface area contributed by atoms with Crippen molar-refractivity contribution in [1.29, 1.82) is 0 Å². The number of ether oxygens (including phenoxy) is 1. The number of hydrogen-bond acceptors (Lipinski definition) is 8. The van der Waals surface area contributed by atoms with Gasteiger partial charge in [0.05, 0.1) is 10.9 Å². The quantitative estimate of drug-likeness (QED) is 0.383. The van der Waals surface area contributed by atoms with Gasteiger partial charge in [-0.1, -0.05) is 49.4 Å². The largest absolute Gasteiger partial charge is 0.480 e. The van der Waals surface area contributed by atoms with E-state index in [4.69, 9.17) is 9.85 Å². The number of rotatable bonds is 5. The number of amides is 1. The van der Waals surface area contributed by atoms with Crippen molar-refractivity contribution in [3.63, 3.8) is 0 Å². The number of carbonyl (C=O) groups is 2. The van der Waals surface area contributed by atoms with Crippen LogP contribution >= 0.6 is 27.3 Å². The maximum absolute atomic E-state index is 12.5. The van der Waals surface area contributed by atoms with E-state index in [1.807, 2.05) is 17.1 Å². The summed E-state index contributed by atoms with van der Waals surface area (Å²) < 4.78 is 7.84. The number of halogens is 1. The number of hydrogen-bond donors (Lipinski definition) is 3. The molecule has 3 aromatic rings. The van der Waals surface area contributed by atoms with Crippen LogP contribution in [0.25, 0.3) is 20.5 Å². The normalized spacial score (nSPS) is 24.6. The van der Waals surface area contributed by atoms with Crippen LogP contribution in [0.4, 0.5) is 4.79 Å². The smallest absolute Gasteiger partial charge is 0.408 e. The molecule has 0 saturated heterocycles. The Morgan fingerprint density at radius 1 is 1.31 bits per heavy atom. The molecule has 1 amide bonds. The molecule has 11 heteroatoms. The van der Waals surface area contributed by atoms with Crippen LogP contribution in [0, 0.1) is 12.8 Å². The molecule has 1 aliphatic heterocycles. The number of aliphatic carboxylic acids is 1. The minimum absolute atomic E-state index is 0.204. The van der Waals surface area contributed by atoms with Crippen LogP contribution in [0.5, 0.6) is 0 Å². The van der Waals surface area contributed by atoms with Crippen molar-refractivity contribution in [3.05, 3.63) is 57.6 Å². The number of thiophene rings is 1. The number of aryl methyl sites for hydroxylation is 1. The molecule has 186 valence electrons. The number of carboxylic acid groups (broad SMARTS) is 1. The molecule has 36 heavy (non-hydrogen) atoms. The number of nitrogens with zero attached hydrogens (tertiary/aromatic N) is 3. The third kappa shape index (κ3) is 3.29. The molecule has 2 bridgehead atoms. The summed E-state index contributed by atoms with van der Waals surface area (Å²) in [7, 11) is 0. The third-order valence-electron chi connectivity index (χ3n) is 7.09. The highest BCUT2D eigenvalue weighted by atomic mass is 79.9. The van der Waals surface area contributed by atoms with E-state index in [0.29, 0.717) is 6.42 Å². The summed E-state index contributed by atoms with van der Waals surface area (Å²) >= 11 is 5.62. The first kappa shape index (κ1) is 23.4. The Morgan fingerprint density at radius 3 is 2.83 bits per heavy atom. The van der Waals surface area contributed by atoms with Crippen molar-refractivity contribution in [1.82, 2.24) is 15.9 Å². The van der Waals surface area contributed by atoms with Crippen molar-refractivity contribution in [2.24, 2.45) is 16.3 Å². The molecule has 4 atom stereocenters. The molecule has 0 radical (unpaired) electrons. The highest BCUT2D eigenvalue weighted by molar-refractivity contribution is 9.10. The molecule has 2 aromatic carbocycles. The number of carbonyl (C=O) groups excluding carboxylic acids is 1. The topological polar surface area (TPSA) is 116 Å². The van der Waals surface area contributed by atoms with Gasteiger partial charge < -0.3 is 15.2 Å². The standard InChI is InChI=1S/C25H24BrN5O4S/c1-11(2)21(23(32)33)27-24(34)35-16-10-15(16)31-25(28-29-30-31)14-7-5-4-6-13(14)22-20(26)18-17(36-22)9-8-12(3)19(18)25/h4-9,11,15-16,21H,10H2,1-3H3,(H,27,34)(H,28,30)(H,32,33)/t15?,16?,21-,25?/m0/s1. The number of carboxylic acids is 1. The fourth-order valence-corrected chi connectivity index (χ4v) is 7.44. The van der Waals surface area contributed by atoms with E-state index in [2.05, 4.69) is 63.2 Å². The number of hydrazine groups is 1. The van der Waals surface area contributed by atoms with Crippen LogP contribution in [0.3, 0.4) is 0 Å². The predicted molar refractivity (Wildman–Crippen MR) is 138 cm³/mol. The molecule has 6 rings (SSSR count). The first-order valence-corrected chi connectivity index (χ1v) is 13.3. The van der Waals surface area contributed by atoms with Crippen molar-refractivity contribution in [2.75, 3.05) is 0 Å². The van der Waals surface area contributed by atoms with E-state index in [9.17, 15) is 14.7 Å². The summed E-state index contributed by atoms with van der Waals surface area (Å²) in [6, 6.07) is 11.2.